The minimum Gasteiger partial charge on any atom is -0.508 e. The summed E-state index contributed by atoms with van der Waals surface area (Å²) in [6, 6.07) is 24.4. The molecule has 6 rings (SSSR count). The summed E-state index contributed by atoms with van der Waals surface area (Å²) in [5.74, 6) is -6.01. The van der Waals surface area contributed by atoms with Gasteiger partial charge in [0.05, 0.1) is 13.2 Å². The zero-order valence-corrected chi connectivity index (χ0v) is 29.6. The number of carbonyl (C=O) groups is 4. The van der Waals surface area contributed by atoms with Crippen LogP contribution in [0.2, 0.25) is 0 Å². The molecule has 53 heavy (non-hydrogen) atoms. The predicted octanol–water partition coefficient (Wildman–Crippen LogP) is 6.49. The molecule has 4 unspecified atom stereocenters. The number of allylic oxidation sites excluding steroid dienone is 4. The summed E-state index contributed by atoms with van der Waals surface area (Å²) in [6.45, 7) is 3.54. The van der Waals surface area contributed by atoms with Gasteiger partial charge >= 0.3 is 11.9 Å². The molecule has 4 aromatic rings. The standard InChI is InChI=1S/C43H42N2O8/c1-3-52-42(50)40-34(20-28(22-38(40)48)26-7-11-30(44)12-8-26)32-18-24(5-15-36(32)46)17-25-6-16-37(47)33(19-25)35-21-29(27-9-13-31(45)14-10-27)23-39(49)41(35)43(51)53-4-2/h5-16,18-19,22-23,34-35,40-41,46-47H,3-4,17,20-21,44-45H2,1-2H3. The average molecular weight is 715 g/mol. The van der Waals surface area contributed by atoms with E-state index in [4.69, 9.17) is 20.9 Å². The van der Waals surface area contributed by atoms with E-state index in [1.165, 1.54) is 12.2 Å². The molecule has 0 radical (unpaired) electrons. The Hall–Kier alpha value is -6.16. The normalized spacial score (nSPS) is 20.0. The number of hydrogen-bond donors (Lipinski definition) is 4. The number of nitrogen functional groups attached to an aromatic ring is 2. The van der Waals surface area contributed by atoms with Gasteiger partial charge in [-0.15, -0.1) is 0 Å². The van der Waals surface area contributed by atoms with Gasteiger partial charge in [-0.2, -0.15) is 0 Å². The molecule has 0 aliphatic heterocycles. The van der Waals surface area contributed by atoms with Crippen molar-refractivity contribution in [3.8, 4) is 11.5 Å². The van der Waals surface area contributed by atoms with Gasteiger partial charge < -0.3 is 31.2 Å². The molecule has 10 nitrogen and oxygen atoms in total. The first kappa shape index (κ1) is 36.6. The summed E-state index contributed by atoms with van der Waals surface area (Å²) in [5.41, 5.74) is 18.3. The van der Waals surface area contributed by atoms with E-state index in [0.29, 0.717) is 40.1 Å². The summed E-state index contributed by atoms with van der Waals surface area (Å²) in [5, 5.41) is 22.4. The van der Waals surface area contributed by atoms with E-state index in [0.717, 1.165) is 22.3 Å². The van der Waals surface area contributed by atoms with Gasteiger partial charge in [-0.1, -0.05) is 48.5 Å². The van der Waals surface area contributed by atoms with Gasteiger partial charge in [0.15, 0.2) is 11.6 Å². The topological polar surface area (TPSA) is 179 Å². The number of anilines is 2. The van der Waals surface area contributed by atoms with Crippen molar-refractivity contribution in [3.05, 3.63) is 130 Å². The van der Waals surface area contributed by atoms with Crippen molar-refractivity contribution in [1.82, 2.24) is 0 Å². The maximum absolute atomic E-state index is 13.5. The molecular formula is C43H42N2O8. The Kier molecular flexibility index (Phi) is 10.8. The molecule has 0 fully saturated rings. The summed E-state index contributed by atoms with van der Waals surface area (Å²) >= 11 is 0. The molecule has 272 valence electrons. The van der Waals surface area contributed by atoms with Crippen LogP contribution in [-0.2, 0) is 35.1 Å². The molecule has 0 bridgehead atoms. The van der Waals surface area contributed by atoms with E-state index in [2.05, 4.69) is 0 Å². The van der Waals surface area contributed by atoms with Crippen LogP contribution in [0.3, 0.4) is 0 Å². The van der Waals surface area contributed by atoms with Crippen LogP contribution in [0.1, 0.15) is 71.9 Å². The first-order chi connectivity index (χ1) is 25.5. The van der Waals surface area contributed by atoms with Crippen LogP contribution in [0, 0.1) is 11.8 Å². The van der Waals surface area contributed by atoms with Gasteiger partial charge in [-0.25, -0.2) is 0 Å². The molecule has 0 aromatic heterocycles. The maximum Gasteiger partial charge on any atom is 0.317 e. The van der Waals surface area contributed by atoms with Crippen LogP contribution in [0.25, 0.3) is 11.1 Å². The first-order valence-electron chi connectivity index (χ1n) is 17.6. The molecule has 0 heterocycles. The number of phenols is 2. The van der Waals surface area contributed by atoms with Gasteiger partial charge in [0.1, 0.15) is 23.3 Å². The van der Waals surface area contributed by atoms with Crippen molar-refractivity contribution in [2.75, 3.05) is 24.7 Å². The highest BCUT2D eigenvalue weighted by Gasteiger charge is 2.42. The van der Waals surface area contributed by atoms with Crippen LogP contribution >= 0.6 is 0 Å². The lowest BCUT2D eigenvalue weighted by Gasteiger charge is -2.30. The maximum atomic E-state index is 13.5. The number of ether oxygens (including phenoxy) is 2. The summed E-state index contributed by atoms with van der Waals surface area (Å²) in [4.78, 5) is 53.5. The molecule has 2 aliphatic rings. The Morgan fingerprint density at radius 3 is 1.36 bits per heavy atom. The second-order valence-corrected chi connectivity index (χ2v) is 13.4. The molecule has 6 N–H and O–H groups in total. The fourth-order valence-corrected chi connectivity index (χ4v) is 7.41. The lowest BCUT2D eigenvalue weighted by molar-refractivity contribution is -0.153. The van der Waals surface area contributed by atoms with Gasteiger partial charge in [0.25, 0.3) is 0 Å². The quantitative estimate of drug-likeness (QED) is 0.0806. The molecule has 0 saturated carbocycles. The molecule has 2 aliphatic carbocycles. The third-order valence-electron chi connectivity index (χ3n) is 9.97. The fourth-order valence-electron chi connectivity index (χ4n) is 7.41. The Bertz CT molecular complexity index is 1970. The van der Waals surface area contributed by atoms with Gasteiger partial charge in [-0.3, -0.25) is 19.2 Å². The molecule has 0 amide bonds. The van der Waals surface area contributed by atoms with Crippen LogP contribution in [0.5, 0.6) is 11.5 Å². The molecule has 0 saturated heterocycles. The van der Waals surface area contributed by atoms with Crippen molar-refractivity contribution < 1.29 is 38.9 Å². The van der Waals surface area contributed by atoms with Crippen molar-refractivity contribution in [1.29, 1.82) is 0 Å². The fraction of sp³-hybridized carbons (Fsp3) is 0.256. The van der Waals surface area contributed by atoms with E-state index < -0.39 is 47.2 Å². The zero-order chi connectivity index (χ0) is 37.8. The third-order valence-corrected chi connectivity index (χ3v) is 9.97. The van der Waals surface area contributed by atoms with Gasteiger partial charge in [-0.05, 0) is 126 Å². The highest BCUT2D eigenvalue weighted by atomic mass is 16.5. The number of aromatic hydroxyl groups is 2. The summed E-state index contributed by atoms with van der Waals surface area (Å²) < 4.78 is 10.6. The van der Waals surface area contributed by atoms with E-state index in [9.17, 15) is 29.4 Å². The molecular weight excluding hydrogens is 672 g/mol. The minimum atomic E-state index is -1.15. The first-order valence-corrected chi connectivity index (χ1v) is 17.6. The Labute approximate surface area is 307 Å². The average Bonchev–Trinajstić information content (AvgIpc) is 3.13. The van der Waals surface area contributed by atoms with Gasteiger partial charge in [0, 0.05) is 23.2 Å². The monoisotopic (exact) mass is 714 g/mol. The van der Waals surface area contributed by atoms with Crippen LogP contribution in [0.4, 0.5) is 11.4 Å². The molecule has 0 spiro atoms. The highest BCUT2D eigenvalue weighted by Crippen LogP contribution is 2.45. The van der Waals surface area contributed by atoms with Crippen LogP contribution < -0.4 is 11.5 Å². The number of hydrogen-bond acceptors (Lipinski definition) is 10. The van der Waals surface area contributed by atoms with E-state index in [-0.39, 0.29) is 37.6 Å². The van der Waals surface area contributed by atoms with E-state index in [1.54, 1.807) is 74.5 Å². The number of esters is 2. The number of nitrogens with two attached hydrogens (primary N) is 2. The smallest absolute Gasteiger partial charge is 0.317 e. The van der Waals surface area contributed by atoms with Gasteiger partial charge in [0.2, 0.25) is 0 Å². The summed E-state index contributed by atoms with van der Waals surface area (Å²) in [6.07, 6.45) is 3.84. The van der Waals surface area contributed by atoms with Crippen molar-refractivity contribution in [3.63, 3.8) is 0 Å². The van der Waals surface area contributed by atoms with E-state index in [1.807, 2.05) is 24.3 Å². The minimum absolute atomic E-state index is 0.0641. The van der Waals surface area contributed by atoms with Crippen molar-refractivity contribution >= 4 is 46.0 Å². The molecule has 4 aromatic carbocycles. The number of benzene rings is 4. The zero-order valence-electron chi connectivity index (χ0n) is 29.6. The highest BCUT2D eigenvalue weighted by molar-refractivity contribution is 6.11. The van der Waals surface area contributed by atoms with Crippen molar-refractivity contribution in [2.45, 2.75) is 44.9 Å². The Morgan fingerprint density at radius 2 is 1.00 bits per heavy atom. The Morgan fingerprint density at radius 1 is 0.623 bits per heavy atom. The van der Waals surface area contributed by atoms with E-state index >= 15 is 0 Å². The Balaban J connectivity index is 1.34. The largest absolute Gasteiger partial charge is 0.508 e. The number of carbonyl (C=O) groups excluding carboxylic acids is 4. The number of rotatable bonds is 10. The SMILES string of the molecule is CCOC(=O)C1C(=O)C=C(c2ccc(N)cc2)CC1c1cc(Cc2ccc(O)c(C3CC(c4ccc(N)cc4)=CC(=O)C3C(=O)OCC)c2)ccc1O. The van der Waals surface area contributed by atoms with Crippen LogP contribution in [0.15, 0.2) is 97.1 Å². The second kappa shape index (κ2) is 15.6. The second-order valence-electron chi connectivity index (χ2n) is 13.4. The molecule has 10 heteroatoms. The predicted molar refractivity (Wildman–Crippen MR) is 202 cm³/mol. The third kappa shape index (κ3) is 7.86. The number of phenolic OH excluding ortho intramolecular Hbond substituents is 2. The summed E-state index contributed by atoms with van der Waals surface area (Å²) in [7, 11) is 0. The van der Waals surface area contributed by atoms with Crippen LogP contribution in [-0.4, -0.2) is 46.9 Å². The molecule has 4 atom stereocenters. The van der Waals surface area contributed by atoms with Crippen molar-refractivity contribution in [2.24, 2.45) is 11.8 Å². The number of ketones is 2. The lowest BCUT2D eigenvalue weighted by atomic mass is 9.72. The lowest BCUT2D eigenvalue weighted by Crippen LogP contribution is -2.34.